The van der Waals surface area contributed by atoms with E-state index in [1.807, 2.05) is 0 Å². The van der Waals surface area contributed by atoms with E-state index in [4.69, 9.17) is 9.47 Å². The summed E-state index contributed by atoms with van der Waals surface area (Å²) in [4.78, 5) is 34.0. The zero-order chi connectivity index (χ0) is 11.8. The molecule has 1 aliphatic heterocycles. The van der Waals surface area contributed by atoms with E-state index in [0.29, 0.717) is 19.3 Å². The molecular formula is C11H14O5. The number of ketones is 1. The summed E-state index contributed by atoms with van der Waals surface area (Å²) in [5.74, 6) is -0.871. The number of rotatable bonds is 2. The van der Waals surface area contributed by atoms with Crippen molar-refractivity contribution in [3.63, 3.8) is 0 Å². The molecule has 2 aliphatic rings. The van der Waals surface area contributed by atoms with Gasteiger partial charge in [-0.15, -0.1) is 0 Å². The number of cyclic esters (lactones) is 1. The van der Waals surface area contributed by atoms with Crippen molar-refractivity contribution in [3.8, 4) is 0 Å². The largest absolute Gasteiger partial charge is 0.462 e. The predicted octanol–water partition coefficient (Wildman–Crippen LogP) is 0.604. The third kappa shape index (κ3) is 1.70. The van der Waals surface area contributed by atoms with E-state index in [-0.39, 0.29) is 12.4 Å². The van der Waals surface area contributed by atoms with Crippen LogP contribution in [0, 0.1) is 5.41 Å². The minimum atomic E-state index is -0.926. The van der Waals surface area contributed by atoms with Crippen molar-refractivity contribution in [1.82, 2.24) is 0 Å². The van der Waals surface area contributed by atoms with Gasteiger partial charge in [0.15, 0.2) is 0 Å². The van der Waals surface area contributed by atoms with Gasteiger partial charge < -0.3 is 9.47 Å². The van der Waals surface area contributed by atoms with Crippen LogP contribution in [0.4, 0.5) is 0 Å². The molecule has 1 spiro atoms. The quantitative estimate of drug-likeness (QED) is 0.509. The van der Waals surface area contributed by atoms with Crippen molar-refractivity contribution in [1.29, 1.82) is 0 Å². The van der Waals surface area contributed by atoms with Crippen molar-refractivity contribution in [2.45, 2.75) is 38.7 Å². The Morgan fingerprint density at radius 2 is 2.31 bits per heavy atom. The minimum absolute atomic E-state index is 0.0252. The highest BCUT2D eigenvalue weighted by Gasteiger charge is 2.56. The number of hydrogen-bond acceptors (Lipinski definition) is 5. The second kappa shape index (κ2) is 3.88. The van der Waals surface area contributed by atoms with Crippen LogP contribution in [0.15, 0.2) is 0 Å². The average molecular weight is 226 g/mol. The van der Waals surface area contributed by atoms with Gasteiger partial charge in [0.2, 0.25) is 0 Å². The first-order valence-electron chi connectivity index (χ1n) is 5.42. The van der Waals surface area contributed by atoms with Gasteiger partial charge in [-0.05, 0) is 12.8 Å². The highest BCUT2D eigenvalue weighted by atomic mass is 16.6. The SMILES string of the molecule is CC(=O)OCC1CC2(CCCC2=O)C(=O)O1. The fourth-order valence-electron chi connectivity index (χ4n) is 2.44. The zero-order valence-corrected chi connectivity index (χ0v) is 9.15. The summed E-state index contributed by atoms with van der Waals surface area (Å²) in [5, 5.41) is 0. The van der Waals surface area contributed by atoms with Crippen molar-refractivity contribution < 1.29 is 23.9 Å². The van der Waals surface area contributed by atoms with Crippen LogP contribution < -0.4 is 0 Å². The van der Waals surface area contributed by atoms with Gasteiger partial charge >= 0.3 is 11.9 Å². The summed E-state index contributed by atoms with van der Waals surface area (Å²) in [7, 11) is 0. The molecule has 0 aromatic rings. The Morgan fingerprint density at radius 3 is 2.88 bits per heavy atom. The molecule has 0 amide bonds. The Morgan fingerprint density at radius 1 is 1.56 bits per heavy atom. The molecule has 2 fully saturated rings. The molecule has 0 aromatic heterocycles. The van der Waals surface area contributed by atoms with Gasteiger partial charge in [0.05, 0.1) is 0 Å². The molecule has 1 saturated heterocycles. The number of esters is 2. The molecule has 5 nitrogen and oxygen atoms in total. The number of carbonyl (C=O) groups is 3. The summed E-state index contributed by atoms with van der Waals surface area (Å²) in [6.07, 6.45) is 1.67. The predicted molar refractivity (Wildman–Crippen MR) is 52.4 cm³/mol. The van der Waals surface area contributed by atoms with Crippen LogP contribution in [0.3, 0.4) is 0 Å². The summed E-state index contributed by atoms with van der Waals surface area (Å²) < 4.78 is 9.87. The van der Waals surface area contributed by atoms with Crippen LogP contribution in [0.2, 0.25) is 0 Å². The third-order valence-corrected chi connectivity index (χ3v) is 3.25. The van der Waals surface area contributed by atoms with E-state index < -0.39 is 23.5 Å². The lowest BCUT2D eigenvalue weighted by Gasteiger charge is -2.14. The molecule has 0 N–H and O–H groups in total. The van der Waals surface area contributed by atoms with Gasteiger partial charge in [-0.3, -0.25) is 14.4 Å². The highest BCUT2D eigenvalue weighted by Crippen LogP contribution is 2.45. The van der Waals surface area contributed by atoms with Crippen molar-refractivity contribution in [3.05, 3.63) is 0 Å². The van der Waals surface area contributed by atoms with Gasteiger partial charge in [-0.2, -0.15) is 0 Å². The van der Waals surface area contributed by atoms with Crippen molar-refractivity contribution in [2.75, 3.05) is 6.61 Å². The monoisotopic (exact) mass is 226 g/mol. The normalized spacial score (nSPS) is 33.2. The Bertz CT molecular complexity index is 348. The lowest BCUT2D eigenvalue weighted by atomic mass is 9.82. The van der Waals surface area contributed by atoms with Crippen LogP contribution in [0.5, 0.6) is 0 Å². The van der Waals surface area contributed by atoms with E-state index in [9.17, 15) is 14.4 Å². The lowest BCUT2D eigenvalue weighted by Crippen LogP contribution is -2.30. The molecule has 1 aliphatic carbocycles. The maximum absolute atomic E-state index is 11.7. The lowest BCUT2D eigenvalue weighted by molar-refractivity contribution is -0.156. The van der Waals surface area contributed by atoms with Crippen LogP contribution in [-0.2, 0) is 23.9 Å². The summed E-state index contributed by atoms with van der Waals surface area (Å²) in [5.41, 5.74) is -0.926. The van der Waals surface area contributed by atoms with E-state index in [2.05, 4.69) is 0 Å². The molecule has 88 valence electrons. The average Bonchev–Trinajstić information content (AvgIpc) is 2.72. The van der Waals surface area contributed by atoms with Crippen LogP contribution >= 0.6 is 0 Å². The van der Waals surface area contributed by atoms with Crippen LogP contribution in [-0.4, -0.2) is 30.4 Å². The number of Topliss-reactive ketones (excluding diaryl/α,β-unsaturated/α-hetero) is 1. The van der Waals surface area contributed by atoms with Crippen LogP contribution in [0.1, 0.15) is 32.6 Å². The summed E-state index contributed by atoms with van der Waals surface area (Å²) in [6, 6.07) is 0. The maximum atomic E-state index is 11.7. The molecule has 1 saturated carbocycles. The number of hydrogen-bond donors (Lipinski definition) is 0. The van der Waals surface area contributed by atoms with Crippen molar-refractivity contribution >= 4 is 17.7 Å². The van der Waals surface area contributed by atoms with Gasteiger partial charge in [-0.1, -0.05) is 0 Å². The van der Waals surface area contributed by atoms with E-state index in [1.54, 1.807) is 0 Å². The fourth-order valence-corrected chi connectivity index (χ4v) is 2.44. The Hall–Kier alpha value is -1.39. The first-order valence-corrected chi connectivity index (χ1v) is 5.42. The van der Waals surface area contributed by atoms with Gasteiger partial charge in [0, 0.05) is 19.8 Å². The van der Waals surface area contributed by atoms with Gasteiger partial charge in [0.1, 0.15) is 23.9 Å². The van der Waals surface area contributed by atoms with Gasteiger partial charge in [-0.25, -0.2) is 0 Å². The van der Waals surface area contributed by atoms with Crippen LogP contribution in [0.25, 0.3) is 0 Å². The molecule has 1 heterocycles. The van der Waals surface area contributed by atoms with E-state index in [0.717, 1.165) is 6.42 Å². The molecule has 0 bridgehead atoms. The molecule has 0 radical (unpaired) electrons. The number of ether oxygens (including phenoxy) is 2. The molecule has 2 unspecified atom stereocenters. The zero-order valence-electron chi connectivity index (χ0n) is 9.15. The standard InChI is InChI=1S/C11H14O5/c1-7(12)15-6-8-5-11(10(14)16-8)4-2-3-9(11)13/h8H,2-6H2,1H3. The molecule has 16 heavy (non-hydrogen) atoms. The smallest absolute Gasteiger partial charge is 0.320 e. The first-order chi connectivity index (χ1) is 7.54. The van der Waals surface area contributed by atoms with E-state index >= 15 is 0 Å². The summed E-state index contributed by atoms with van der Waals surface area (Å²) in [6.45, 7) is 1.35. The Balaban J connectivity index is 2.01. The van der Waals surface area contributed by atoms with E-state index in [1.165, 1.54) is 6.92 Å². The molecular weight excluding hydrogens is 212 g/mol. The fraction of sp³-hybridized carbons (Fsp3) is 0.727. The van der Waals surface area contributed by atoms with Crippen molar-refractivity contribution in [2.24, 2.45) is 5.41 Å². The molecule has 2 atom stereocenters. The third-order valence-electron chi connectivity index (χ3n) is 3.25. The number of carbonyl (C=O) groups excluding carboxylic acids is 3. The molecule has 0 aromatic carbocycles. The molecule has 2 rings (SSSR count). The first kappa shape index (κ1) is 11.1. The maximum Gasteiger partial charge on any atom is 0.320 e. The second-order valence-electron chi connectivity index (χ2n) is 4.39. The second-order valence-corrected chi connectivity index (χ2v) is 4.39. The Labute approximate surface area is 93.1 Å². The molecule has 5 heteroatoms. The minimum Gasteiger partial charge on any atom is -0.462 e. The Kier molecular flexibility index (Phi) is 2.69. The summed E-state index contributed by atoms with van der Waals surface area (Å²) >= 11 is 0. The highest BCUT2D eigenvalue weighted by molar-refractivity contribution is 6.06. The van der Waals surface area contributed by atoms with Gasteiger partial charge in [0.25, 0.3) is 0 Å². The topological polar surface area (TPSA) is 69.7 Å².